The third-order valence-corrected chi connectivity index (χ3v) is 3.93. The predicted octanol–water partition coefficient (Wildman–Crippen LogP) is 3.94. The molecule has 1 amide bonds. The first-order valence-corrected chi connectivity index (χ1v) is 8.89. The van der Waals surface area contributed by atoms with Crippen molar-refractivity contribution in [3.05, 3.63) is 64.1 Å². The molecule has 0 spiro atoms. The van der Waals surface area contributed by atoms with E-state index in [0.29, 0.717) is 21.5 Å². The van der Waals surface area contributed by atoms with Gasteiger partial charge in [0.05, 0.1) is 11.1 Å². The summed E-state index contributed by atoms with van der Waals surface area (Å²) >= 11 is 3.35. The maximum absolute atomic E-state index is 12.2. The van der Waals surface area contributed by atoms with Gasteiger partial charge < -0.3 is 14.8 Å². The van der Waals surface area contributed by atoms with E-state index in [4.69, 9.17) is 9.47 Å². The Hall–Kier alpha value is -3.11. The van der Waals surface area contributed by atoms with Gasteiger partial charge in [-0.05, 0) is 58.8 Å². The summed E-state index contributed by atoms with van der Waals surface area (Å²) in [5.74, 6) is -0.507. The van der Waals surface area contributed by atoms with Gasteiger partial charge in [-0.15, -0.1) is 0 Å². The van der Waals surface area contributed by atoms with E-state index in [0.717, 1.165) is 0 Å². The van der Waals surface area contributed by atoms with E-state index in [1.165, 1.54) is 6.08 Å². The van der Waals surface area contributed by atoms with Crippen LogP contribution in [0.3, 0.4) is 0 Å². The third kappa shape index (κ3) is 6.28. The minimum atomic E-state index is -0.498. The number of hydrogen-bond donors (Lipinski definition) is 1. The number of carbonyl (C=O) groups excluding carboxylic acids is 2. The maximum atomic E-state index is 12.2. The highest BCUT2D eigenvalue weighted by Gasteiger charge is 2.11. The van der Waals surface area contributed by atoms with Gasteiger partial charge in [0.25, 0.3) is 5.91 Å². The molecule has 6 nitrogen and oxygen atoms in total. The molecule has 138 valence electrons. The average molecular weight is 429 g/mol. The number of nitrogens with zero attached hydrogens (tertiary/aromatic N) is 1. The van der Waals surface area contributed by atoms with Crippen LogP contribution in [-0.4, -0.2) is 25.1 Å². The van der Waals surface area contributed by atoms with Gasteiger partial charge >= 0.3 is 5.97 Å². The fraction of sp³-hybridized carbons (Fsp3) is 0.150. The molecule has 0 radical (unpaired) electrons. The fourth-order valence-corrected chi connectivity index (χ4v) is 2.61. The van der Waals surface area contributed by atoms with Gasteiger partial charge in [0.1, 0.15) is 17.4 Å². The molecule has 0 saturated heterocycles. The normalized spacial score (nSPS) is 10.6. The maximum Gasteiger partial charge on any atom is 0.344 e. The lowest BCUT2D eigenvalue weighted by Gasteiger charge is -2.08. The molecule has 2 aromatic rings. The van der Waals surface area contributed by atoms with E-state index in [1.807, 2.05) is 12.1 Å². The molecule has 2 rings (SSSR count). The number of benzene rings is 2. The number of nitrogens with one attached hydrogen (secondary N) is 1. The Balaban J connectivity index is 2.09. The van der Waals surface area contributed by atoms with Crippen LogP contribution in [0.4, 0.5) is 5.69 Å². The van der Waals surface area contributed by atoms with Gasteiger partial charge in [0, 0.05) is 5.69 Å². The smallest absolute Gasteiger partial charge is 0.344 e. The van der Waals surface area contributed by atoms with Gasteiger partial charge in [-0.1, -0.05) is 24.3 Å². The molecule has 0 aromatic heterocycles. The summed E-state index contributed by atoms with van der Waals surface area (Å²) in [5, 5.41) is 12.0. The van der Waals surface area contributed by atoms with E-state index < -0.39 is 11.9 Å². The van der Waals surface area contributed by atoms with Crippen molar-refractivity contribution in [2.45, 2.75) is 6.92 Å². The summed E-state index contributed by atoms with van der Waals surface area (Å²) in [6.45, 7) is 1.80. The Kier molecular flexibility index (Phi) is 7.59. The van der Waals surface area contributed by atoms with Crippen LogP contribution in [0.5, 0.6) is 5.75 Å². The van der Waals surface area contributed by atoms with Gasteiger partial charge in [0.2, 0.25) is 0 Å². The monoisotopic (exact) mass is 428 g/mol. The average Bonchev–Trinajstić information content (AvgIpc) is 2.66. The highest BCUT2D eigenvalue weighted by Crippen LogP contribution is 2.27. The zero-order valence-electron chi connectivity index (χ0n) is 14.6. The molecule has 7 heteroatoms. The van der Waals surface area contributed by atoms with Crippen molar-refractivity contribution in [3.63, 3.8) is 0 Å². The molecule has 0 aliphatic heterocycles. The van der Waals surface area contributed by atoms with Crippen LogP contribution in [0.2, 0.25) is 0 Å². The van der Waals surface area contributed by atoms with Crippen molar-refractivity contribution >= 4 is 39.6 Å². The Labute approximate surface area is 165 Å². The molecule has 0 heterocycles. The van der Waals surface area contributed by atoms with Crippen LogP contribution in [0.1, 0.15) is 12.5 Å². The van der Waals surface area contributed by atoms with Gasteiger partial charge in [-0.2, -0.15) is 5.26 Å². The quantitative estimate of drug-likeness (QED) is 0.409. The molecular formula is C20H17BrN2O4. The zero-order chi connectivity index (χ0) is 19.6. The molecule has 0 aliphatic rings. The number of hydrogen-bond acceptors (Lipinski definition) is 5. The van der Waals surface area contributed by atoms with Crippen molar-refractivity contribution in [2.75, 3.05) is 18.5 Å². The molecule has 0 saturated carbocycles. The second-order valence-electron chi connectivity index (χ2n) is 5.27. The standard InChI is InChI=1S/C20H17BrN2O4/c1-2-26-19(24)13-27-18-9-8-14(11-17(18)21)10-15(12-22)20(25)23-16-6-4-3-5-7-16/h3-11H,2,13H2,1H3,(H,23,25)/b15-10-. The van der Waals surface area contributed by atoms with E-state index in [2.05, 4.69) is 21.2 Å². The summed E-state index contributed by atoms with van der Waals surface area (Å²) in [6.07, 6.45) is 1.47. The number of anilines is 1. The first-order chi connectivity index (χ1) is 13.0. The highest BCUT2D eigenvalue weighted by molar-refractivity contribution is 9.10. The van der Waals surface area contributed by atoms with Crippen LogP contribution in [0.15, 0.2) is 58.6 Å². The summed E-state index contributed by atoms with van der Waals surface area (Å²) in [7, 11) is 0. The van der Waals surface area contributed by atoms with Crippen LogP contribution in [0.25, 0.3) is 6.08 Å². The molecule has 0 aliphatic carbocycles. The second kappa shape index (κ2) is 10.1. The minimum Gasteiger partial charge on any atom is -0.481 e. The van der Waals surface area contributed by atoms with Gasteiger partial charge in [-0.25, -0.2) is 4.79 Å². The molecule has 1 N–H and O–H groups in total. The Bertz CT molecular complexity index is 889. The van der Waals surface area contributed by atoms with E-state index >= 15 is 0 Å². The Morgan fingerprint density at radius 2 is 1.96 bits per heavy atom. The number of halogens is 1. The molecular weight excluding hydrogens is 412 g/mol. The number of ether oxygens (including phenoxy) is 2. The van der Waals surface area contributed by atoms with Gasteiger partial charge in [-0.3, -0.25) is 4.79 Å². The number of para-hydroxylation sites is 1. The van der Waals surface area contributed by atoms with Crippen LogP contribution in [-0.2, 0) is 14.3 Å². The van der Waals surface area contributed by atoms with Crippen molar-refractivity contribution in [1.29, 1.82) is 5.26 Å². The lowest BCUT2D eigenvalue weighted by Crippen LogP contribution is -2.14. The molecule has 0 fully saturated rings. The summed E-state index contributed by atoms with van der Waals surface area (Å²) < 4.78 is 10.8. The van der Waals surface area contributed by atoms with Crippen molar-refractivity contribution in [3.8, 4) is 11.8 Å². The van der Waals surface area contributed by atoms with Crippen molar-refractivity contribution < 1.29 is 19.1 Å². The number of esters is 1. The predicted molar refractivity (Wildman–Crippen MR) is 105 cm³/mol. The fourth-order valence-electron chi connectivity index (χ4n) is 2.10. The Morgan fingerprint density at radius 3 is 2.59 bits per heavy atom. The lowest BCUT2D eigenvalue weighted by molar-refractivity contribution is -0.145. The SMILES string of the molecule is CCOC(=O)COc1ccc(/C=C(/C#N)C(=O)Nc2ccccc2)cc1Br. The number of rotatable bonds is 7. The molecule has 0 atom stereocenters. The van der Waals surface area contributed by atoms with E-state index in [1.54, 1.807) is 49.4 Å². The number of amides is 1. The van der Waals surface area contributed by atoms with Crippen LogP contribution in [0, 0.1) is 11.3 Å². The first-order valence-electron chi connectivity index (χ1n) is 8.09. The number of nitriles is 1. The third-order valence-electron chi connectivity index (χ3n) is 3.31. The van der Waals surface area contributed by atoms with Crippen molar-refractivity contribution in [1.82, 2.24) is 0 Å². The van der Waals surface area contributed by atoms with Crippen molar-refractivity contribution in [2.24, 2.45) is 0 Å². The summed E-state index contributed by atoms with van der Waals surface area (Å²) in [4.78, 5) is 23.6. The first kappa shape index (κ1) is 20.2. The second-order valence-corrected chi connectivity index (χ2v) is 6.13. The molecule has 0 unspecified atom stereocenters. The lowest BCUT2D eigenvalue weighted by atomic mass is 10.1. The highest BCUT2D eigenvalue weighted by atomic mass is 79.9. The van der Waals surface area contributed by atoms with Crippen LogP contribution >= 0.6 is 15.9 Å². The van der Waals surface area contributed by atoms with Crippen LogP contribution < -0.4 is 10.1 Å². The molecule has 27 heavy (non-hydrogen) atoms. The van der Waals surface area contributed by atoms with Gasteiger partial charge in [0.15, 0.2) is 6.61 Å². The molecule has 2 aromatic carbocycles. The summed E-state index contributed by atoms with van der Waals surface area (Å²) in [5.41, 5.74) is 1.20. The largest absolute Gasteiger partial charge is 0.481 e. The molecule has 0 bridgehead atoms. The topological polar surface area (TPSA) is 88.4 Å². The Morgan fingerprint density at radius 1 is 1.22 bits per heavy atom. The minimum absolute atomic E-state index is 0.0362. The zero-order valence-corrected chi connectivity index (χ0v) is 16.2. The summed E-state index contributed by atoms with van der Waals surface area (Å²) in [6, 6.07) is 15.8. The van der Waals surface area contributed by atoms with E-state index in [-0.39, 0.29) is 18.8 Å². The number of carbonyl (C=O) groups is 2. The van der Waals surface area contributed by atoms with E-state index in [9.17, 15) is 14.9 Å².